The number of hydrogen-bond acceptors (Lipinski definition) is 4. The monoisotopic (exact) mass is 343 g/mol. The maximum Gasteiger partial charge on any atom is 0.191 e. The minimum atomic E-state index is -0.468. The zero-order valence-corrected chi connectivity index (χ0v) is 15.2. The van der Waals surface area contributed by atoms with Gasteiger partial charge < -0.3 is 9.67 Å². The van der Waals surface area contributed by atoms with Crippen molar-refractivity contribution in [2.24, 2.45) is 0 Å². The smallest absolute Gasteiger partial charge is 0.191 e. The van der Waals surface area contributed by atoms with E-state index in [1.165, 1.54) is 37.1 Å². The average Bonchev–Trinajstić information content (AvgIpc) is 3.51. The number of nitrogens with zero attached hydrogens (tertiary/aromatic N) is 3. The number of hydrogen-bond donors (Lipinski definition) is 1. The molecule has 0 bridgehead atoms. The molecular weight excluding hydrogens is 318 g/mol. The molecule has 2 aliphatic carbocycles. The Morgan fingerprint density at radius 3 is 2.33 bits per heavy atom. The van der Waals surface area contributed by atoms with Gasteiger partial charge in [0.25, 0.3) is 0 Å². The summed E-state index contributed by atoms with van der Waals surface area (Å²) in [5.41, 5.74) is 2.29. The van der Waals surface area contributed by atoms with Crippen LogP contribution in [0.2, 0.25) is 0 Å². The van der Waals surface area contributed by atoms with Crippen LogP contribution in [0, 0.1) is 0 Å². The first kappa shape index (κ1) is 16.2. The standard InChI is InChI=1S/C19H25N3OS/c1-12(2)13-3-5-14(6-4-13)17(23)11-24-19-21-20-18(15-7-8-15)22(19)16-9-10-16/h3-6,12,15-17,23H,7-11H2,1-2H3. The molecule has 0 aliphatic heterocycles. The van der Waals surface area contributed by atoms with Gasteiger partial charge in [-0.25, -0.2) is 0 Å². The van der Waals surface area contributed by atoms with E-state index in [1.807, 2.05) is 12.1 Å². The summed E-state index contributed by atoms with van der Waals surface area (Å²) in [6.07, 6.45) is 4.51. The predicted molar refractivity (Wildman–Crippen MR) is 96.5 cm³/mol. The van der Waals surface area contributed by atoms with Crippen molar-refractivity contribution in [2.45, 2.75) is 68.7 Å². The van der Waals surface area contributed by atoms with Gasteiger partial charge in [0, 0.05) is 17.7 Å². The SMILES string of the molecule is CC(C)c1ccc(C(O)CSc2nnc(C3CC3)n2C2CC2)cc1. The first-order chi connectivity index (χ1) is 11.6. The van der Waals surface area contributed by atoms with Crippen LogP contribution in [-0.2, 0) is 0 Å². The lowest BCUT2D eigenvalue weighted by atomic mass is 10.0. The van der Waals surface area contributed by atoms with Crippen molar-refractivity contribution in [2.75, 3.05) is 5.75 Å². The van der Waals surface area contributed by atoms with Crippen LogP contribution in [0.15, 0.2) is 29.4 Å². The summed E-state index contributed by atoms with van der Waals surface area (Å²) in [4.78, 5) is 0. The lowest BCUT2D eigenvalue weighted by molar-refractivity contribution is 0.204. The first-order valence-corrected chi connectivity index (χ1v) is 9.97. The highest BCUT2D eigenvalue weighted by Gasteiger charge is 2.36. The van der Waals surface area contributed by atoms with Crippen LogP contribution in [0.3, 0.4) is 0 Å². The molecule has 1 aromatic heterocycles. The van der Waals surface area contributed by atoms with Gasteiger partial charge in [0.1, 0.15) is 5.82 Å². The second-order valence-corrected chi connectivity index (χ2v) is 8.35. The second kappa shape index (κ2) is 6.52. The summed E-state index contributed by atoms with van der Waals surface area (Å²) in [7, 11) is 0. The zero-order valence-electron chi connectivity index (χ0n) is 14.4. The number of aliphatic hydroxyl groups is 1. The average molecular weight is 343 g/mol. The topological polar surface area (TPSA) is 50.9 Å². The molecule has 2 fully saturated rings. The van der Waals surface area contributed by atoms with E-state index in [2.05, 4.69) is 40.7 Å². The highest BCUT2D eigenvalue weighted by atomic mass is 32.2. The second-order valence-electron chi connectivity index (χ2n) is 7.36. The van der Waals surface area contributed by atoms with E-state index in [1.54, 1.807) is 11.8 Å². The van der Waals surface area contributed by atoms with E-state index in [9.17, 15) is 5.11 Å². The van der Waals surface area contributed by atoms with E-state index < -0.39 is 6.10 Å². The molecule has 4 nitrogen and oxygen atoms in total. The van der Waals surface area contributed by atoms with Crippen LogP contribution in [0.25, 0.3) is 0 Å². The summed E-state index contributed by atoms with van der Waals surface area (Å²) < 4.78 is 2.34. The molecule has 24 heavy (non-hydrogen) atoms. The molecule has 1 atom stereocenters. The van der Waals surface area contributed by atoms with Gasteiger partial charge in [-0.05, 0) is 42.7 Å². The third-order valence-corrected chi connectivity index (χ3v) is 5.92. The number of aliphatic hydroxyl groups excluding tert-OH is 1. The molecule has 2 aromatic rings. The Bertz CT molecular complexity index is 702. The van der Waals surface area contributed by atoms with Gasteiger partial charge in [-0.2, -0.15) is 0 Å². The number of benzene rings is 1. The van der Waals surface area contributed by atoms with Crippen molar-refractivity contribution in [1.82, 2.24) is 14.8 Å². The van der Waals surface area contributed by atoms with Crippen molar-refractivity contribution in [3.63, 3.8) is 0 Å². The van der Waals surface area contributed by atoms with E-state index in [0.717, 1.165) is 10.7 Å². The molecule has 5 heteroatoms. The van der Waals surface area contributed by atoms with Gasteiger partial charge in [-0.15, -0.1) is 10.2 Å². The molecule has 2 saturated carbocycles. The van der Waals surface area contributed by atoms with Crippen LogP contribution in [0.4, 0.5) is 0 Å². The molecule has 4 rings (SSSR count). The van der Waals surface area contributed by atoms with E-state index in [0.29, 0.717) is 23.6 Å². The number of aromatic nitrogens is 3. The maximum absolute atomic E-state index is 10.5. The summed E-state index contributed by atoms with van der Waals surface area (Å²) >= 11 is 1.63. The van der Waals surface area contributed by atoms with E-state index in [4.69, 9.17) is 0 Å². The minimum Gasteiger partial charge on any atom is -0.388 e. The predicted octanol–water partition coefficient (Wildman–Crippen LogP) is 4.44. The zero-order chi connectivity index (χ0) is 16.7. The van der Waals surface area contributed by atoms with Crippen molar-refractivity contribution in [3.05, 3.63) is 41.2 Å². The Labute approximate surface area is 147 Å². The minimum absolute atomic E-state index is 0.468. The van der Waals surface area contributed by atoms with Crippen molar-refractivity contribution < 1.29 is 5.11 Å². The van der Waals surface area contributed by atoms with Gasteiger partial charge in [0.15, 0.2) is 5.16 Å². The van der Waals surface area contributed by atoms with E-state index in [-0.39, 0.29) is 0 Å². The Morgan fingerprint density at radius 1 is 1.08 bits per heavy atom. The normalized spacial score (nSPS) is 19.0. The summed E-state index contributed by atoms with van der Waals surface area (Å²) in [5.74, 6) is 2.94. The fourth-order valence-electron chi connectivity index (χ4n) is 3.04. The van der Waals surface area contributed by atoms with Crippen LogP contribution >= 0.6 is 11.8 Å². The van der Waals surface area contributed by atoms with Crippen molar-refractivity contribution in [3.8, 4) is 0 Å². The molecular formula is C19H25N3OS. The van der Waals surface area contributed by atoms with Crippen LogP contribution in [-0.4, -0.2) is 25.6 Å². The number of rotatable bonds is 7. The molecule has 0 spiro atoms. The van der Waals surface area contributed by atoms with Gasteiger partial charge in [-0.1, -0.05) is 49.9 Å². The van der Waals surface area contributed by atoms with Gasteiger partial charge in [0.05, 0.1) is 6.10 Å². The lowest BCUT2D eigenvalue weighted by Gasteiger charge is -2.13. The fourth-order valence-corrected chi connectivity index (χ4v) is 4.02. The van der Waals surface area contributed by atoms with Gasteiger partial charge >= 0.3 is 0 Å². The molecule has 2 aliphatic rings. The fraction of sp³-hybridized carbons (Fsp3) is 0.579. The molecule has 0 amide bonds. The Balaban J connectivity index is 1.43. The van der Waals surface area contributed by atoms with Crippen LogP contribution in [0.1, 0.15) is 80.5 Å². The van der Waals surface area contributed by atoms with Gasteiger partial charge in [-0.3, -0.25) is 0 Å². The third-order valence-electron chi connectivity index (χ3n) is 4.90. The molecule has 0 saturated heterocycles. The molecule has 1 heterocycles. The van der Waals surface area contributed by atoms with Gasteiger partial charge in [0.2, 0.25) is 0 Å². The Hall–Kier alpha value is -1.33. The van der Waals surface area contributed by atoms with Crippen LogP contribution in [0.5, 0.6) is 0 Å². The molecule has 1 unspecified atom stereocenters. The first-order valence-electron chi connectivity index (χ1n) is 8.99. The molecule has 1 N–H and O–H groups in total. The molecule has 0 radical (unpaired) electrons. The lowest BCUT2D eigenvalue weighted by Crippen LogP contribution is -2.05. The summed E-state index contributed by atoms with van der Waals surface area (Å²) in [6, 6.07) is 8.92. The molecule has 1 aromatic carbocycles. The van der Waals surface area contributed by atoms with Crippen molar-refractivity contribution in [1.29, 1.82) is 0 Å². The highest BCUT2D eigenvalue weighted by molar-refractivity contribution is 7.99. The Morgan fingerprint density at radius 2 is 1.75 bits per heavy atom. The molecule has 128 valence electrons. The summed E-state index contributed by atoms with van der Waals surface area (Å²) in [6.45, 7) is 4.37. The largest absolute Gasteiger partial charge is 0.388 e. The highest BCUT2D eigenvalue weighted by Crippen LogP contribution is 2.46. The maximum atomic E-state index is 10.5. The third kappa shape index (κ3) is 3.38. The quantitative estimate of drug-likeness (QED) is 0.755. The summed E-state index contributed by atoms with van der Waals surface area (Å²) in [5, 5.41) is 20.3. The Kier molecular flexibility index (Phi) is 4.39. The van der Waals surface area contributed by atoms with Crippen molar-refractivity contribution >= 4 is 11.8 Å². The van der Waals surface area contributed by atoms with E-state index >= 15 is 0 Å². The van der Waals surface area contributed by atoms with Crippen LogP contribution < -0.4 is 0 Å². The number of thioether (sulfide) groups is 1.